The van der Waals surface area contributed by atoms with Gasteiger partial charge in [-0.1, -0.05) is 36.4 Å². The molecule has 5 nitrogen and oxygen atoms in total. The van der Waals surface area contributed by atoms with E-state index in [4.69, 9.17) is 18.9 Å². The third-order valence-electron chi connectivity index (χ3n) is 4.02. The van der Waals surface area contributed by atoms with Crippen molar-refractivity contribution < 1.29 is 18.9 Å². The van der Waals surface area contributed by atoms with Crippen molar-refractivity contribution in [3.8, 4) is 23.0 Å². The summed E-state index contributed by atoms with van der Waals surface area (Å²) in [5.74, 6) is 2.95. The fourth-order valence-corrected chi connectivity index (χ4v) is 2.49. The molecule has 0 saturated carbocycles. The molecule has 0 atom stereocenters. The molecule has 0 aliphatic rings. The van der Waals surface area contributed by atoms with E-state index in [1.54, 1.807) is 38.7 Å². The minimum Gasteiger partial charge on any atom is -0.497 e. The number of nitrogens with zero attached hydrogens (tertiary/aromatic N) is 1. The smallest absolute Gasteiger partial charge is 0.225 e. The van der Waals surface area contributed by atoms with Gasteiger partial charge in [-0.2, -0.15) is 0 Å². The van der Waals surface area contributed by atoms with Crippen molar-refractivity contribution in [3.05, 3.63) is 90.7 Å². The van der Waals surface area contributed by atoms with Crippen LogP contribution in [0.25, 0.3) is 0 Å². The lowest BCUT2D eigenvalue weighted by molar-refractivity contribution is 0.367. The predicted octanol–water partition coefficient (Wildman–Crippen LogP) is 5.80. The van der Waals surface area contributed by atoms with Gasteiger partial charge in [0.25, 0.3) is 0 Å². The quantitative estimate of drug-likeness (QED) is 0.291. The molecule has 3 aromatic carbocycles. The summed E-state index contributed by atoms with van der Waals surface area (Å²) in [4.78, 5) is 4.63. The third kappa shape index (κ3) is 5.62. The van der Waals surface area contributed by atoms with Crippen LogP contribution >= 0.6 is 0 Å². The molecular weight excluding hydrogens is 366 g/mol. The minimum atomic E-state index is 0.440. The van der Waals surface area contributed by atoms with Gasteiger partial charge in [-0.15, -0.1) is 0 Å². The molecule has 0 saturated heterocycles. The predicted molar refractivity (Wildman–Crippen MR) is 115 cm³/mol. The molecule has 0 amide bonds. The zero-order chi connectivity index (χ0) is 20.5. The Morgan fingerprint density at radius 2 is 1.45 bits per heavy atom. The SMILES string of the molecule is COc1ccc(OC=C(C)/C(=N\c2ccccc2)Oc2ccccc2)c(OC)c1. The third-order valence-corrected chi connectivity index (χ3v) is 4.02. The van der Waals surface area contributed by atoms with Crippen LogP contribution in [0.3, 0.4) is 0 Å². The van der Waals surface area contributed by atoms with Crippen molar-refractivity contribution in [3.63, 3.8) is 0 Å². The summed E-state index contributed by atoms with van der Waals surface area (Å²) in [5, 5.41) is 0. The van der Waals surface area contributed by atoms with Crippen LogP contribution in [0.4, 0.5) is 5.69 Å². The zero-order valence-corrected chi connectivity index (χ0v) is 16.7. The number of benzene rings is 3. The van der Waals surface area contributed by atoms with Crippen LogP contribution in [-0.4, -0.2) is 20.1 Å². The molecule has 0 heterocycles. The van der Waals surface area contributed by atoms with Crippen molar-refractivity contribution in [2.75, 3.05) is 14.2 Å². The monoisotopic (exact) mass is 389 g/mol. The highest BCUT2D eigenvalue weighted by atomic mass is 16.5. The summed E-state index contributed by atoms with van der Waals surface area (Å²) in [5.41, 5.74) is 1.50. The Hall–Kier alpha value is -3.73. The Balaban J connectivity index is 1.88. The molecule has 148 valence electrons. The molecule has 0 unspecified atom stereocenters. The molecule has 0 aliphatic heterocycles. The Labute approximate surface area is 170 Å². The maximum absolute atomic E-state index is 6.01. The van der Waals surface area contributed by atoms with E-state index in [1.807, 2.05) is 67.6 Å². The average Bonchev–Trinajstić information content (AvgIpc) is 2.78. The lowest BCUT2D eigenvalue weighted by Crippen LogP contribution is -2.11. The zero-order valence-electron chi connectivity index (χ0n) is 16.7. The number of hydrogen-bond donors (Lipinski definition) is 0. The molecule has 3 rings (SSSR count). The fourth-order valence-electron chi connectivity index (χ4n) is 2.49. The van der Waals surface area contributed by atoms with Crippen LogP contribution < -0.4 is 18.9 Å². The molecule has 5 heteroatoms. The Bertz CT molecular complexity index is 982. The van der Waals surface area contributed by atoms with Gasteiger partial charge >= 0.3 is 0 Å². The molecule has 0 fully saturated rings. The van der Waals surface area contributed by atoms with Crippen molar-refractivity contribution in [1.29, 1.82) is 0 Å². The summed E-state index contributed by atoms with van der Waals surface area (Å²) in [7, 11) is 3.19. The van der Waals surface area contributed by atoms with Gasteiger partial charge in [0, 0.05) is 11.6 Å². The van der Waals surface area contributed by atoms with Gasteiger partial charge in [0.15, 0.2) is 11.5 Å². The molecule has 0 N–H and O–H groups in total. The first-order chi connectivity index (χ1) is 14.2. The molecule has 0 aliphatic carbocycles. The van der Waals surface area contributed by atoms with Crippen LogP contribution in [0.2, 0.25) is 0 Å². The van der Waals surface area contributed by atoms with Gasteiger partial charge in [-0.25, -0.2) is 4.99 Å². The number of ether oxygens (including phenoxy) is 4. The molecule has 0 spiro atoms. The van der Waals surface area contributed by atoms with Crippen molar-refractivity contribution in [2.24, 2.45) is 4.99 Å². The van der Waals surface area contributed by atoms with Gasteiger partial charge in [-0.05, 0) is 43.3 Å². The van der Waals surface area contributed by atoms with Crippen LogP contribution in [-0.2, 0) is 0 Å². The average molecular weight is 389 g/mol. The van der Waals surface area contributed by atoms with Crippen LogP contribution in [0.15, 0.2) is 95.7 Å². The highest BCUT2D eigenvalue weighted by molar-refractivity contribution is 5.96. The normalized spacial score (nSPS) is 11.7. The van der Waals surface area contributed by atoms with E-state index in [0.29, 0.717) is 28.9 Å². The maximum atomic E-state index is 6.01. The summed E-state index contributed by atoms with van der Waals surface area (Å²) in [6, 6.07) is 24.5. The molecular formula is C24H23NO4. The van der Waals surface area contributed by atoms with Gasteiger partial charge < -0.3 is 18.9 Å². The standard InChI is InChI=1S/C24H23NO4/c1-18(17-28-22-15-14-21(26-2)16-23(22)27-3)24(25-19-10-6-4-7-11-19)29-20-12-8-5-9-13-20/h4-17H,1-3H3/b18-17?,25-24+. The van der Waals surface area contributed by atoms with Gasteiger partial charge in [0.05, 0.1) is 26.2 Å². The largest absolute Gasteiger partial charge is 0.497 e. The van der Waals surface area contributed by atoms with Gasteiger partial charge in [0.1, 0.15) is 11.5 Å². The minimum absolute atomic E-state index is 0.440. The maximum Gasteiger partial charge on any atom is 0.225 e. The van der Waals surface area contributed by atoms with Crippen molar-refractivity contribution in [1.82, 2.24) is 0 Å². The van der Waals surface area contributed by atoms with E-state index < -0.39 is 0 Å². The molecule has 0 radical (unpaired) electrons. The number of hydrogen-bond acceptors (Lipinski definition) is 5. The van der Waals surface area contributed by atoms with Crippen LogP contribution in [0.5, 0.6) is 23.0 Å². The van der Waals surface area contributed by atoms with Gasteiger partial charge in [0.2, 0.25) is 5.90 Å². The Morgan fingerprint density at radius 3 is 2.10 bits per heavy atom. The lowest BCUT2D eigenvalue weighted by Gasteiger charge is -2.12. The van der Waals surface area contributed by atoms with E-state index >= 15 is 0 Å². The van der Waals surface area contributed by atoms with E-state index in [-0.39, 0.29) is 0 Å². The van der Waals surface area contributed by atoms with Crippen LogP contribution in [0.1, 0.15) is 6.92 Å². The molecule has 0 aromatic heterocycles. The van der Waals surface area contributed by atoms with E-state index in [0.717, 1.165) is 11.3 Å². The second kappa shape index (κ2) is 9.99. The lowest BCUT2D eigenvalue weighted by atomic mass is 10.3. The summed E-state index contributed by atoms with van der Waals surface area (Å²) < 4.78 is 22.4. The molecule has 3 aromatic rings. The highest BCUT2D eigenvalue weighted by Gasteiger charge is 2.10. The number of methoxy groups -OCH3 is 2. The first-order valence-electron chi connectivity index (χ1n) is 9.12. The van der Waals surface area contributed by atoms with E-state index in [1.165, 1.54) is 0 Å². The van der Waals surface area contributed by atoms with Crippen molar-refractivity contribution >= 4 is 11.6 Å². The number of rotatable bonds is 7. The van der Waals surface area contributed by atoms with E-state index in [2.05, 4.69) is 4.99 Å². The highest BCUT2D eigenvalue weighted by Crippen LogP contribution is 2.31. The molecule has 0 bridgehead atoms. The summed E-state index contributed by atoms with van der Waals surface area (Å²) >= 11 is 0. The van der Waals surface area contributed by atoms with Crippen molar-refractivity contribution in [2.45, 2.75) is 6.92 Å². The first kappa shape index (κ1) is 20.0. The topological polar surface area (TPSA) is 49.3 Å². The second-order valence-electron chi connectivity index (χ2n) is 6.10. The summed E-state index contributed by atoms with van der Waals surface area (Å²) in [6.45, 7) is 1.88. The van der Waals surface area contributed by atoms with Crippen LogP contribution in [0, 0.1) is 0 Å². The Kier molecular flexibility index (Phi) is 6.90. The van der Waals surface area contributed by atoms with E-state index in [9.17, 15) is 0 Å². The van der Waals surface area contributed by atoms with Gasteiger partial charge in [-0.3, -0.25) is 0 Å². The molecule has 29 heavy (non-hydrogen) atoms. The second-order valence-corrected chi connectivity index (χ2v) is 6.10. The first-order valence-corrected chi connectivity index (χ1v) is 9.12. The summed E-state index contributed by atoms with van der Waals surface area (Å²) in [6.07, 6.45) is 1.59. The number of aliphatic imine (C=N–C) groups is 1. The Morgan fingerprint density at radius 1 is 0.759 bits per heavy atom. The fraction of sp³-hybridized carbons (Fsp3) is 0.125. The number of para-hydroxylation sites is 2.